The van der Waals surface area contributed by atoms with Gasteiger partial charge in [-0.25, -0.2) is 0 Å². The van der Waals surface area contributed by atoms with E-state index >= 15 is 0 Å². The van der Waals surface area contributed by atoms with Crippen LogP contribution in [0.1, 0.15) is 0 Å². The normalized spacial score (nSPS) is 9.91. The molecule has 0 aliphatic carbocycles. The molecule has 62 valence electrons. The van der Waals surface area contributed by atoms with Gasteiger partial charge >= 0.3 is 0 Å². The van der Waals surface area contributed by atoms with Crippen molar-refractivity contribution in [2.75, 3.05) is 14.1 Å². The molecule has 0 heterocycles. The van der Waals surface area contributed by atoms with Crippen LogP contribution in [-0.2, 0) is 0 Å². The molecule has 0 aliphatic heterocycles. The first-order valence-electron chi connectivity index (χ1n) is 3.57. The third-order valence-electron chi connectivity index (χ3n) is 0.951. The number of thiocarbonyl (C=S) groups is 1. The summed E-state index contributed by atoms with van der Waals surface area (Å²) < 4.78 is 0. The zero-order chi connectivity index (χ0) is 9.07. The van der Waals surface area contributed by atoms with Crippen LogP contribution in [0.3, 0.4) is 0 Å². The summed E-state index contributed by atoms with van der Waals surface area (Å²) in [6.07, 6.45) is 0. The Hall–Kier alpha value is -0.333. The Bertz CT molecular complexity index is 204. The second-order valence-electron chi connectivity index (χ2n) is 3.70. The van der Waals surface area contributed by atoms with Crippen LogP contribution in [0.5, 0.6) is 0 Å². The van der Waals surface area contributed by atoms with E-state index in [1.807, 2.05) is 19.0 Å². The lowest BCUT2D eigenvalue weighted by Gasteiger charge is -2.08. The molecule has 11 heavy (non-hydrogen) atoms. The Kier molecular flexibility index (Phi) is 3.77. The average molecular weight is 185 g/mol. The van der Waals surface area contributed by atoms with Crippen LogP contribution in [0.4, 0.5) is 0 Å². The summed E-state index contributed by atoms with van der Waals surface area (Å²) in [5, 5.41) is 0. The van der Waals surface area contributed by atoms with Gasteiger partial charge in [0.15, 0.2) is 4.99 Å². The lowest BCUT2D eigenvalue weighted by atomic mass is 10.6. The Morgan fingerprint density at radius 2 is 1.73 bits per heavy atom. The summed E-state index contributed by atoms with van der Waals surface area (Å²) in [6, 6.07) is 0. The molecule has 0 amide bonds. The molecule has 0 rings (SSSR count). The summed E-state index contributed by atoms with van der Waals surface area (Å²) in [6.45, 7) is 6.62. The van der Waals surface area contributed by atoms with Crippen LogP contribution in [-0.4, -0.2) is 32.1 Å². The first kappa shape index (κ1) is 10.7. The zero-order valence-corrected chi connectivity index (χ0v) is 9.67. The lowest BCUT2D eigenvalue weighted by molar-refractivity contribution is 0.641. The van der Waals surface area contributed by atoms with Gasteiger partial charge in [0.1, 0.15) is 8.07 Å². The molecule has 0 radical (unpaired) electrons. The van der Waals surface area contributed by atoms with Crippen molar-refractivity contribution in [2.24, 2.45) is 0 Å². The minimum Gasteiger partial charge on any atom is -0.362 e. The number of nitrogens with zero attached hydrogens (tertiary/aromatic N) is 1. The van der Waals surface area contributed by atoms with Gasteiger partial charge in [0.2, 0.25) is 0 Å². The van der Waals surface area contributed by atoms with Gasteiger partial charge < -0.3 is 4.90 Å². The molecule has 0 aromatic carbocycles. The SMILES string of the molecule is CN(C)C(=S)C#C[Si](C)(C)C. The van der Waals surface area contributed by atoms with Crippen molar-refractivity contribution in [2.45, 2.75) is 19.6 Å². The molecular weight excluding hydrogens is 170 g/mol. The van der Waals surface area contributed by atoms with Crippen LogP contribution in [0.25, 0.3) is 0 Å². The van der Waals surface area contributed by atoms with Gasteiger partial charge in [0, 0.05) is 14.1 Å². The van der Waals surface area contributed by atoms with Gasteiger partial charge in [0.25, 0.3) is 0 Å². The first-order chi connectivity index (χ1) is 4.83. The molecule has 0 unspecified atom stereocenters. The second-order valence-corrected chi connectivity index (χ2v) is 8.84. The maximum absolute atomic E-state index is 5.02. The van der Waals surface area contributed by atoms with E-state index in [0.29, 0.717) is 0 Å². The predicted molar refractivity (Wildman–Crippen MR) is 57.4 cm³/mol. The van der Waals surface area contributed by atoms with E-state index in [4.69, 9.17) is 12.2 Å². The van der Waals surface area contributed by atoms with E-state index in [1.165, 1.54) is 0 Å². The quantitative estimate of drug-likeness (QED) is 0.321. The van der Waals surface area contributed by atoms with E-state index in [-0.39, 0.29) is 0 Å². The molecule has 0 saturated heterocycles. The maximum atomic E-state index is 5.02. The summed E-state index contributed by atoms with van der Waals surface area (Å²) >= 11 is 5.02. The van der Waals surface area contributed by atoms with E-state index in [9.17, 15) is 0 Å². The predicted octanol–water partition coefficient (Wildman–Crippen LogP) is 1.76. The van der Waals surface area contributed by atoms with Gasteiger partial charge in [0.05, 0.1) is 0 Å². The highest BCUT2D eigenvalue weighted by Crippen LogP contribution is 1.96. The molecule has 1 nitrogen and oxygen atoms in total. The Labute approximate surface area is 75.8 Å². The maximum Gasteiger partial charge on any atom is 0.152 e. The molecule has 0 fully saturated rings. The third-order valence-corrected chi connectivity index (χ3v) is 2.29. The number of hydrogen-bond acceptors (Lipinski definition) is 1. The summed E-state index contributed by atoms with van der Waals surface area (Å²) in [4.78, 5) is 2.59. The van der Waals surface area contributed by atoms with E-state index in [2.05, 4.69) is 31.1 Å². The molecule has 3 heteroatoms. The fourth-order valence-corrected chi connectivity index (χ4v) is 0.988. The van der Waals surface area contributed by atoms with Crippen LogP contribution < -0.4 is 0 Å². The molecule has 0 aromatic heterocycles. The van der Waals surface area contributed by atoms with Crippen molar-refractivity contribution in [3.63, 3.8) is 0 Å². The molecule has 0 atom stereocenters. The van der Waals surface area contributed by atoms with E-state index < -0.39 is 8.07 Å². The highest BCUT2D eigenvalue weighted by molar-refractivity contribution is 7.80. The average Bonchev–Trinajstić information content (AvgIpc) is 1.80. The Balaban J connectivity index is 4.20. The molecule has 0 aliphatic rings. The van der Waals surface area contributed by atoms with Gasteiger partial charge in [-0.15, -0.1) is 5.54 Å². The number of hydrogen-bond donors (Lipinski definition) is 0. The topological polar surface area (TPSA) is 3.24 Å². The van der Waals surface area contributed by atoms with Crippen molar-refractivity contribution in [3.05, 3.63) is 0 Å². The summed E-state index contributed by atoms with van der Waals surface area (Å²) in [5.74, 6) is 2.99. The Morgan fingerprint density at radius 1 is 1.27 bits per heavy atom. The van der Waals surface area contributed by atoms with Gasteiger partial charge in [-0.2, -0.15) is 0 Å². The molecule has 0 N–H and O–H groups in total. The number of rotatable bonds is 0. The molecule has 0 spiro atoms. The Morgan fingerprint density at radius 3 is 2.00 bits per heavy atom. The monoisotopic (exact) mass is 185 g/mol. The van der Waals surface area contributed by atoms with Crippen molar-refractivity contribution in [3.8, 4) is 11.5 Å². The van der Waals surface area contributed by atoms with Crippen molar-refractivity contribution in [1.82, 2.24) is 4.90 Å². The van der Waals surface area contributed by atoms with E-state index in [1.54, 1.807) is 0 Å². The first-order valence-corrected chi connectivity index (χ1v) is 7.48. The summed E-state index contributed by atoms with van der Waals surface area (Å²) in [5.41, 5.74) is 3.21. The van der Waals surface area contributed by atoms with Crippen LogP contribution in [0.15, 0.2) is 0 Å². The van der Waals surface area contributed by atoms with Crippen molar-refractivity contribution < 1.29 is 0 Å². The fourth-order valence-electron chi connectivity index (χ4n) is 0.353. The minimum absolute atomic E-state index is 0.729. The highest BCUT2D eigenvalue weighted by Gasteiger charge is 2.07. The largest absolute Gasteiger partial charge is 0.362 e. The van der Waals surface area contributed by atoms with Gasteiger partial charge in [-0.05, 0) is 5.92 Å². The molecular formula is C8H15NSSi. The molecule has 0 bridgehead atoms. The molecule has 0 aromatic rings. The minimum atomic E-state index is -1.24. The molecule has 0 saturated carbocycles. The second kappa shape index (κ2) is 3.89. The fraction of sp³-hybridized carbons (Fsp3) is 0.625. The van der Waals surface area contributed by atoms with Crippen LogP contribution in [0, 0.1) is 11.5 Å². The van der Waals surface area contributed by atoms with Gasteiger partial charge in [-0.3, -0.25) is 0 Å². The third kappa shape index (κ3) is 6.08. The zero-order valence-electron chi connectivity index (χ0n) is 7.86. The lowest BCUT2D eigenvalue weighted by Crippen LogP contribution is -2.21. The summed E-state index contributed by atoms with van der Waals surface area (Å²) in [7, 11) is 2.59. The van der Waals surface area contributed by atoms with Crippen molar-refractivity contribution >= 4 is 25.3 Å². The van der Waals surface area contributed by atoms with Gasteiger partial charge in [-0.1, -0.05) is 31.9 Å². The van der Waals surface area contributed by atoms with Crippen molar-refractivity contribution in [1.29, 1.82) is 0 Å². The van der Waals surface area contributed by atoms with E-state index in [0.717, 1.165) is 4.99 Å². The smallest absolute Gasteiger partial charge is 0.152 e. The van der Waals surface area contributed by atoms with Crippen LogP contribution >= 0.6 is 12.2 Å². The standard InChI is InChI=1S/C8H15NSSi/c1-9(2)8(10)6-7-11(3,4)5/h1-5H3. The highest BCUT2D eigenvalue weighted by atomic mass is 32.1. The van der Waals surface area contributed by atoms with Crippen LogP contribution in [0.2, 0.25) is 19.6 Å².